The standard InChI is InChI=1S/C14H18BrClFN/c15-8-7-11-4-1-2-9-18(11)10-12-13(16)5-3-6-14(12)17/h3,5-6,11H,1-2,4,7-10H2. The van der Waals surface area contributed by atoms with Crippen LogP contribution in [0.2, 0.25) is 5.02 Å². The van der Waals surface area contributed by atoms with E-state index in [1.54, 1.807) is 12.1 Å². The molecule has 100 valence electrons. The first-order chi connectivity index (χ1) is 8.72. The number of alkyl halides is 1. The minimum absolute atomic E-state index is 0.189. The average Bonchev–Trinajstić information content (AvgIpc) is 2.36. The van der Waals surface area contributed by atoms with E-state index in [2.05, 4.69) is 20.8 Å². The van der Waals surface area contributed by atoms with E-state index in [9.17, 15) is 4.39 Å². The number of rotatable bonds is 4. The summed E-state index contributed by atoms with van der Waals surface area (Å²) >= 11 is 9.60. The fraction of sp³-hybridized carbons (Fsp3) is 0.571. The second-order valence-electron chi connectivity index (χ2n) is 4.80. The van der Waals surface area contributed by atoms with Crippen molar-refractivity contribution in [2.24, 2.45) is 0 Å². The molecular weight excluding hydrogens is 317 g/mol. The third-order valence-corrected chi connectivity index (χ3v) is 4.43. The lowest BCUT2D eigenvalue weighted by atomic mass is 9.99. The Morgan fingerprint density at radius 1 is 1.39 bits per heavy atom. The van der Waals surface area contributed by atoms with Crippen LogP contribution in [-0.2, 0) is 6.54 Å². The van der Waals surface area contributed by atoms with Gasteiger partial charge in [0, 0.05) is 28.5 Å². The summed E-state index contributed by atoms with van der Waals surface area (Å²) in [6.07, 6.45) is 4.80. The summed E-state index contributed by atoms with van der Waals surface area (Å²) < 4.78 is 13.8. The zero-order chi connectivity index (χ0) is 13.0. The number of hydrogen-bond donors (Lipinski definition) is 0. The fourth-order valence-corrected chi connectivity index (χ4v) is 3.36. The van der Waals surface area contributed by atoms with Gasteiger partial charge in [-0.1, -0.05) is 40.0 Å². The van der Waals surface area contributed by atoms with Crippen molar-refractivity contribution in [3.8, 4) is 0 Å². The van der Waals surface area contributed by atoms with E-state index in [1.165, 1.54) is 25.3 Å². The molecule has 1 aromatic carbocycles. The summed E-state index contributed by atoms with van der Waals surface area (Å²) in [4.78, 5) is 2.37. The molecule has 2 rings (SSSR count). The monoisotopic (exact) mass is 333 g/mol. The van der Waals surface area contributed by atoms with E-state index in [4.69, 9.17) is 11.6 Å². The van der Waals surface area contributed by atoms with E-state index in [1.807, 2.05) is 0 Å². The highest BCUT2D eigenvalue weighted by molar-refractivity contribution is 9.09. The number of benzene rings is 1. The molecule has 0 bridgehead atoms. The Kier molecular flexibility index (Phi) is 5.46. The molecule has 0 aliphatic carbocycles. The lowest BCUT2D eigenvalue weighted by Crippen LogP contribution is -2.39. The van der Waals surface area contributed by atoms with Crippen LogP contribution in [0.3, 0.4) is 0 Å². The van der Waals surface area contributed by atoms with Crippen molar-refractivity contribution in [1.82, 2.24) is 4.90 Å². The smallest absolute Gasteiger partial charge is 0.129 e. The Morgan fingerprint density at radius 3 is 2.94 bits per heavy atom. The summed E-state index contributed by atoms with van der Waals surface area (Å²) in [5, 5.41) is 1.54. The predicted octanol–water partition coefficient (Wildman–Crippen LogP) is 4.62. The van der Waals surface area contributed by atoms with E-state index >= 15 is 0 Å². The molecule has 18 heavy (non-hydrogen) atoms. The maximum absolute atomic E-state index is 13.8. The van der Waals surface area contributed by atoms with E-state index < -0.39 is 0 Å². The second kappa shape index (κ2) is 6.88. The van der Waals surface area contributed by atoms with E-state index in [0.717, 1.165) is 18.3 Å². The van der Waals surface area contributed by atoms with Crippen molar-refractivity contribution in [2.75, 3.05) is 11.9 Å². The van der Waals surface area contributed by atoms with Gasteiger partial charge < -0.3 is 0 Å². The van der Waals surface area contributed by atoms with Crippen molar-refractivity contribution in [3.05, 3.63) is 34.6 Å². The first kappa shape index (κ1) is 14.3. The number of nitrogens with zero attached hydrogens (tertiary/aromatic N) is 1. The maximum Gasteiger partial charge on any atom is 0.129 e. The summed E-state index contributed by atoms with van der Waals surface area (Å²) in [7, 11) is 0. The molecule has 0 aromatic heterocycles. The van der Waals surface area contributed by atoms with Gasteiger partial charge in [-0.05, 0) is 37.9 Å². The van der Waals surface area contributed by atoms with Gasteiger partial charge in [0.2, 0.25) is 0 Å². The van der Waals surface area contributed by atoms with Gasteiger partial charge in [-0.15, -0.1) is 0 Å². The van der Waals surface area contributed by atoms with Gasteiger partial charge in [0.05, 0.1) is 0 Å². The number of likely N-dealkylation sites (tertiary alicyclic amines) is 1. The number of halogens is 3. The van der Waals surface area contributed by atoms with E-state index in [0.29, 0.717) is 23.2 Å². The molecule has 1 aliphatic rings. The van der Waals surface area contributed by atoms with Crippen LogP contribution >= 0.6 is 27.5 Å². The number of hydrogen-bond acceptors (Lipinski definition) is 1. The Bertz CT molecular complexity index is 377. The molecule has 4 heteroatoms. The van der Waals surface area contributed by atoms with Crippen LogP contribution < -0.4 is 0 Å². The molecule has 1 fully saturated rings. The highest BCUT2D eigenvalue weighted by atomic mass is 79.9. The van der Waals surface area contributed by atoms with Crippen molar-refractivity contribution >= 4 is 27.5 Å². The molecule has 1 saturated heterocycles. The Morgan fingerprint density at radius 2 is 2.22 bits per heavy atom. The third-order valence-electron chi connectivity index (χ3n) is 3.61. The zero-order valence-electron chi connectivity index (χ0n) is 10.3. The quantitative estimate of drug-likeness (QED) is 0.726. The second-order valence-corrected chi connectivity index (χ2v) is 6.00. The summed E-state index contributed by atoms with van der Waals surface area (Å²) in [5.41, 5.74) is 0.639. The lowest BCUT2D eigenvalue weighted by Gasteiger charge is -2.35. The molecule has 0 saturated carbocycles. The molecule has 1 unspecified atom stereocenters. The van der Waals surface area contributed by atoms with Crippen LogP contribution in [0.4, 0.5) is 4.39 Å². The predicted molar refractivity (Wildman–Crippen MR) is 77.9 cm³/mol. The van der Waals surface area contributed by atoms with Crippen molar-refractivity contribution in [1.29, 1.82) is 0 Å². The highest BCUT2D eigenvalue weighted by Gasteiger charge is 2.23. The molecule has 0 amide bonds. The van der Waals surface area contributed by atoms with Crippen LogP contribution in [-0.4, -0.2) is 22.8 Å². The summed E-state index contributed by atoms with van der Waals surface area (Å²) in [5.74, 6) is -0.189. The van der Waals surface area contributed by atoms with Gasteiger partial charge in [0.1, 0.15) is 5.82 Å². The zero-order valence-corrected chi connectivity index (χ0v) is 12.7. The topological polar surface area (TPSA) is 3.24 Å². The lowest BCUT2D eigenvalue weighted by molar-refractivity contribution is 0.135. The van der Waals surface area contributed by atoms with Crippen LogP contribution in [0.5, 0.6) is 0 Å². The van der Waals surface area contributed by atoms with Gasteiger partial charge in [-0.2, -0.15) is 0 Å². The fourth-order valence-electron chi connectivity index (χ4n) is 2.61. The minimum Gasteiger partial charge on any atom is -0.296 e. The molecule has 0 radical (unpaired) electrons. The van der Waals surface area contributed by atoms with Crippen LogP contribution in [0, 0.1) is 5.82 Å². The first-order valence-electron chi connectivity index (χ1n) is 6.45. The van der Waals surface area contributed by atoms with Crippen LogP contribution in [0.15, 0.2) is 18.2 Å². The van der Waals surface area contributed by atoms with E-state index in [-0.39, 0.29) is 5.82 Å². The van der Waals surface area contributed by atoms with Crippen molar-refractivity contribution in [3.63, 3.8) is 0 Å². The molecular formula is C14H18BrClFN. The Hall–Kier alpha value is -0.120. The van der Waals surface area contributed by atoms with Gasteiger partial charge in [0.25, 0.3) is 0 Å². The summed E-state index contributed by atoms with van der Waals surface area (Å²) in [6, 6.07) is 5.47. The molecule has 0 spiro atoms. The van der Waals surface area contributed by atoms with Crippen molar-refractivity contribution in [2.45, 2.75) is 38.3 Å². The molecule has 1 nitrogen and oxygen atoms in total. The van der Waals surface area contributed by atoms with Gasteiger partial charge >= 0.3 is 0 Å². The third kappa shape index (κ3) is 3.46. The van der Waals surface area contributed by atoms with Crippen molar-refractivity contribution < 1.29 is 4.39 Å². The molecule has 1 aromatic rings. The summed E-state index contributed by atoms with van der Waals surface area (Å²) in [6.45, 7) is 1.67. The Labute approximate surface area is 121 Å². The van der Waals surface area contributed by atoms with Crippen LogP contribution in [0.1, 0.15) is 31.2 Å². The van der Waals surface area contributed by atoms with Gasteiger partial charge in [-0.3, -0.25) is 4.90 Å². The molecule has 1 atom stereocenters. The molecule has 0 N–H and O–H groups in total. The van der Waals surface area contributed by atoms with Crippen LogP contribution in [0.25, 0.3) is 0 Å². The minimum atomic E-state index is -0.189. The maximum atomic E-state index is 13.8. The highest BCUT2D eigenvalue weighted by Crippen LogP contribution is 2.26. The Balaban J connectivity index is 2.11. The largest absolute Gasteiger partial charge is 0.296 e. The molecule has 1 heterocycles. The van der Waals surface area contributed by atoms with Gasteiger partial charge in [-0.25, -0.2) is 4.39 Å². The van der Waals surface area contributed by atoms with Gasteiger partial charge in [0.15, 0.2) is 0 Å². The SMILES string of the molecule is Fc1cccc(Cl)c1CN1CCCCC1CCBr. The normalized spacial score (nSPS) is 21.2. The number of piperidine rings is 1. The molecule has 1 aliphatic heterocycles. The first-order valence-corrected chi connectivity index (χ1v) is 7.95. The average molecular weight is 335 g/mol.